The molecule has 1 aliphatic heterocycles. The van der Waals surface area contributed by atoms with E-state index in [9.17, 15) is 9.18 Å². The molecule has 1 unspecified atom stereocenters. The minimum atomic E-state index is -0.351. The summed E-state index contributed by atoms with van der Waals surface area (Å²) in [4.78, 5) is 18.2. The quantitative estimate of drug-likeness (QED) is 0.918. The fourth-order valence-electron chi connectivity index (χ4n) is 2.83. The van der Waals surface area contributed by atoms with Crippen molar-refractivity contribution in [3.05, 3.63) is 42.2 Å². The number of benzene rings is 1. The molecular formula is C17H20FN3O2. The van der Waals surface area contributed by atoms with E-state index in [1.807, 2.05) is 4.90 Å². The molecule has 2 aromatic rings. The van der Waals surface area contributed by atoms with E-state index in [-0.39, 0.29) is 11.7 Å². The Morgan fingerprint density at radius 1 is 1.43 bits per heavy atom. The lowest BCUT2D eigenvalue weighted by Crippen LogP contribution is -2.30. The van der Waals surface area contributed by atoms with Crippen LogP contribution in [0.5, 0.6) is 0 Å². The van der Waals surface area contributed by atoms with Crippen LogP contribution in [0.4, 0.5) is 4.39 Å². The number of amides is 1. The van der Waals surface area contributed by atoms with Gasteiger partial charge in [-0.2, -0.15) is 0 Å². The van der Waals surface area contributed by atoms with Gasteiger partial charge in [-0.3, -0.25) is 4.79 Å². The molecule has 0 bridgehead atoms. The molecule has 1 aromatic carbocycles. The molecule has 23 heavy (non-hydrogen) atoms. The summed E-state index contributed by atoms with van der Waals surface area (Å²) in [5.41, 5.74) is 6.02. The molecule has 2 heterocycles. The topological polar surface area (TPSA) is 72.4 Å². The average molecular weight is 317 g/mol. The summed E-state index contributed by atoms with van der Waals surface area (Å²) in [6, 6.07) is 6.38. The average Bonchev–Trinajstić information content (AvgIpc) is 3.22. The van der Waals surface area contributed by atoms with Gasteiger partial charge in [0.15, 0.2) is 11.7 Å². The van der Waals surface area contributed by atoms with Gasteiger partial charge in [0.25, 0.3) is 0 Å². The molecule has 122 valence electrons. The van der Waals surface area contributed by atoms with Gasteiger partial charge in [0.2, 0.25) is 5.91 Å². The zero-order valence-electron chi connectivity index (χ0n) is 12.9. The normalized spacial score (nSPS) is 17.7. The first-order valence-electron chi connectivity index (χ1n) is 7.85. The van der Waals surface area contributed by atoms with Crippen molar-refractivity contribution in [2.24, 2.45) is 11.7 Å². The predicted octanol–water partition coefficient (Wildman–Crippen LogP) is 2.22. The van der Waals surface area contributed by atoms with Crippen LogP contribution < -0.4 is 5.73 Å². The summed E-state index contributed by atoms with van der Waals surface area (Å²) in [5, 5.41) is 0. The number of likely N-dealkylation sites (tertiary alicyclic amines) is 1. The number of carbonyl (C=O) groups is 1. The Labute approximate surface area is 134 Å². The molecule has 0 spiro atoms. The summed E-state index contributed by atoms with van der Waals surface area (Å²) >= 11 is 0. The molecule has 1 fully saturated rings. The van der Waals surface area contributed by atoms with Gasteiger partial charge < -0.3 is 15.1 Å². The molecule has 1 atom stereocenters. The maximum atomic E-state index is 13.7. The van der Waals surface area contributed by atoms with Gasteiger partial charge in [-0.05, 0) is 31.0 Å². The van der Waals surface area contributed by atoms with Crippen LogP contribution in [0, 0.1) is 11.7 Å². The lowest BCUT2D eigenvalue weighted by atomic mass is 10.1. The molecule has 0 aliphatic carbocycles. The number of aromatic nitrogens is 1. The Balaban J connectivity index is 1.58. The van der Waals surface area contributed by atoms with Crippen LogP contribution in [0.25, 0.3) is 11.3 Å². The number of carbonyl (C=O) groups excluding carboxylic acids is 1. The first-order chi connectivity index (χ1) is 11.2. The highest BCUT2D eigenvalue weighted by Gasteiger charge is 2.25. The third-order valence-electron chi connectivity index (χ3n) is 4.22. The SMILES string of the molecule is NCC1CCN(C(=O)CCc2ncc(-c3ccccc3F)o2)C1. The number of hydrogen-bond acceptors (Lipinski definition) is 4. The zero-order valence-corrected chi connectivity index (χ0v) is 12.9. The number of nitrogens with two attached hydrogens (primary N) is 1. The third-order valence-corrected chi connectivity index (χ3v) is 4.22. The smallest absolute Gasteiger partial charge is 0.223 e. The molecule has 6 heteroatoms. The highest BCUT2D eigenvalue weighted by atomic mass is 19.1. The summed E-state index contributed by atoms with van der Waals surface area (Å²) < 4.78 is 19.3. The van der Waals surface area contributed by atoms with Crippen molar-refractivity contribution in [2.45, 2.75) is 19.3 Å². The molecule has 2 N–H and O–H groups in total. The van der Waals surface area contributed by atoms with E-state index in [4.69, 9.17) is 10.2 Å². The molecule has 1 aliphatic rings. The Hall–Kier alpha value is -2.21. The summed E-state index contributed by atoms with van der Waals surface area (Å²) in [6.45, 7) is 2.13. The van der Waals surface area contributed by atoms with Gasteiger partial charge in [0.05, 0.1) is 11.8 Å². The van der Waals surface area contributed by atoms with Crippen LogP contribution in [-0.4, -0.2) is 35.4 Å². The van der Waals surface area contributed by atoms with E-state index in [0.29, 0.717) is 42.5 Å². The Morgan fingerprint density at radius 2 is 2.26 bits per heavy atom. The number of hydrogen-bond donors (Lipinski definition) is 1. The van der Waals surface area contributed by atoms with Crippen molar-refractivity contribution < 1.29 is 13.6 Å². The number of rotatable bonds is 5. The van der Waals surface area contributed by atoms with E-state index in [1.54, 1.807) is 18.2 Å². The van der Waals surface area contributed by atoms with E-state index in [2.05, 4.69) is 4.98 Å². The fourth-order valence-corrected chi connectivity index (χ4v) is 2.83. The van der Waals surface area contributed by atoms with Crippen molar-refractivity contribution in [2.75, 3.05) is 19.6 Å². The molecule has 3 rings (SSSR count). The van der Waals surface area contributed by atoms with Crippen LogP contribution in [0.15, 0.2) is 34.9 Å². The molecular weight excluding hydrogens is 297 g/mol. The van der Waals surface area contributed by atoms with Gasteiger partial charge in [-0.25, -0.2) is 9.37 Å². The lowest BCUT2D eigenvalue weighted by Gasteiger charge is -2.15. The second-order valence-electron chi connectivity index (χ2n) is 5.83. The first-order valence-corrected chi connectivity index (χ1v) is 7.85. The van der Waals surface area contributed by atoms with Gasteiger partial charge >= 0.3 is 0 Å². The molecule has 1 saturated heterocycles. The van der Waals surface area contributed by atoms with Gasteiger partial charge in [0.1, 0.15) is 5.82 Å². The maximum Gasteiger partial charge on any atom is 0.223 e. The van der Waals surface area contributed by atoms with Crippen LogP contribution in [0.2, 0.25) is 0 Å². The van der Waals surface area contributed by atoms with Crippen molar-refractivity contribution >= 4 is 5.91 Å². The molecule has 0 saturated carbocycles. The first kappa shape index (κ1) is 15.7. The highest BCUT2D eigenvalue weighted by Crippen LogP contribution is 2.24. The molecule has 5 nitrogen and oxygen atoms in total. The van der Waals surface area contributed by atoms with Crippen LogP contribution in [-0.2, 0) is 11.2 Å². The van der Waals surface area contributed by atoms with Crippen molar-refractivity contribution in [3.8, 4) is 11.3 Å². The Kier molecular flexibility index (Phi) is 4.71. The largest absolute Gasteiger partial charge is 0.441 e. The van der Waals surface area contributed by atoms with Gasteiger partial charge in [-0.15, -0.1) is 0 Å². The van der Waals surface area contributed by atoms with Crippen LogP contribution in [0.3, 0.4) is 0 Å². The van der Waals surface area contributed by atoms with Crippen LogP contribution in [0.1, 0.15) is 18.7 Å². The highest BCUT2D eigenvalue weighted by molar-refractivity contribution is 5.76. The van der Waals surface area contributed by atoms with E-state index < -0.39 is 0 Å². The van der Waals surface area contributed by atoms with Gasteiger partial charge in [-0.1, -0.05) is 12.1 Å². The molecule has 1 aromatic heterocycles. The van der Waals surface area contributed by atoms with Gasteiger partial charge in [0, 0.05) is 25.9 Å². The van der Waals surface area contributed by atoms with E-state index >= 15 is 0 Å². The number of halogens is 1. The second kappa shape index (κ2) is 6.91. The molecule has 1 amide bonds. The summed E-state index contributed by atoms with van der Waals surface area (Å²) in [7, 11) is 0. The maximum absolute atomic E-state index is 13.7. The number of nitrogens with zero attached hydrogens (tertiary/aromatic N) is 2. The van der Waals surface area contributed by atoms with Crippen molar-refractivity contribution in [1.82, 2.24) is 9.88 Å². The predicted molar refractivity (Wildman–Crippen MR) is 84.0 cm³/mol. The lowest BCUT2D eigenvalue weighted by molar-refractivity contribution is -0.130. The molecule has 0 radical (unpaired) electrons. The fraction of sp³-hybridized carbons (Fsp3) is 0.412. The number of oxazole rings is 1. The van der Waals surface area contributed by atoms with E-state index in [0.717, 1.165) is 19.5 Å². The van der Waals surface area contributed by atoms with E-state index in [1.165, 1.54) is 12.3 Å². The zero-order chi connectivity index (χ0) is 16.2. The standard InChI is InChI=1S/C17H20FN3O2/c18-14-4-2-1-3-13(14)15-10-20-16(23-15)5-6-17(22)21-8-7-12(9-19)11-21/h1-4,10,12H,5-9,11,19H2. The monoisotopic (exact) mass is 317 g/mol. The van der Waals surface area contributed by atoms with Crippen LogP contribution >= 0.6 is 0 Å². The third kappa shape index (κ3) is 3.59. The summed E-state index contributed by atoms with van der Waals surface area (Å²) in [5.74, 6) is 0.984. The van der Waals surface area contributed by atoms with Crippen molar-refractivity contribution in [3.63, 3.8) is 0 Å². The van der Waals surface area contributed by atoms with Crippen molar-refractivity contribution in [1.29, 1.82) is 0 Å². The Morgan fingerprint density at radius 3 is 3.00 bits per heavy atom. The minimum absolute atomic E-state index is 0.0894. The summed E-state index contributed by atoms with van der Waals surface area (Å²) in [6.07, 6.45) is 3.22. The minimum Gasteiger partial charge on any atom is -0.441 e. The number of aryl methyl sites for hydroxylation is 1. The second-order valence-corrected chi connectivity index (χ2v) is 5.83. The Bertz CT molecular complexity index is 686.